The van der Waals surface area contributed by atoms with Gasteiger partial charge in [0.1, 0.15) is 29.1 Å². The fourth-order valence-electron chi connectivity index (χ4n) is 3.39. The number of phenols is 1. The van der Waals surface area contributed by atoms with Gasteiger partial charge in [0.15, 0.2) is 0 Å². The minimum atomic E-state index is -0.895. The fraction of sp³-hybridized carbons (Fsp3) is 0.208. The minimum Gasteiger partial charge on any atom is -0.508 e. The molecule has 176 valence electrons. The number of carbonyl (C=O) groups is 2. The summed E-state index contributed by atoms with van der Waals surface area (Å²) in [4.78, 5) is 35.0. The van der Waals surface area contributed by atoms with Crippen LogP contribution in [0, 0.1) is 0 Å². The van der Waals surface area contributed by atoms with Crippen molar-refractivity contribution in [2.24, 2.45) is 0 Å². The zero-order chi connectivity index (χ0) is 23.9. The number of alkyl carbamates (subject to hydrolysis) is 1. The molecular weight excluding hydrogens is 504 g/mol. The Hall–Kier alpha value is -3.63. The summed E-state index contributed by atoms with van der Waals surface area (Å²) >= 11 is 3.26. The van der Waals surface area contributed by atoms with Crippen molar-refractivity contribution in [2.75, 3.05) is 6.54 Å². The predicted octanol–water partition coefficient (Wildman–Crippen LogP) is 3.03. The first kappa shape index (κ1) is 23.5. The number of rotatable bonds is 8. The number of nitrogens with one attached hydrogen (secondary N) is 3. The molecular formula is C24H23BrN4O5. The van der Waals surface area contributed by atoms with Crippen LogP contribution in [0.3, 0.4) is 0 Å². The lowest BCUT2D eigenvalue weighted by Gasteiger charge is -2.19. The molecule has 4 rings (SSSR count). The van der Waals surface area contributed by atoms with E-state index in [2.05, 4.69) is 37.0 Å². The van der Waals surface area contributed by atoms with Gasteiger partial charge in [0, 0.05) is 23.6 Å². The van der Waals surface area contributed by atoms with Gasteiger partial charge in [0.05, 0.1) is 12.1 Å². The van der Waals surface area contributed by atoms with Crippen LogP contribution in [-0.4, -0.2) is 40.8 Å². The van der Waals surface area contributed by atoms with Gasteiger partial charge >= 0.3 is 6.09 Å². The van der Waals surface area contributed by atoms with Crippen LogP contribution in [-0.2, 0) is 27.4 Å². The van der Waals surface area contributed by atoms with Crippen molar-refractivity contribution in [3.05, 3.63) is 82.6 Å². The van der Waals surface area contributed by atoms with Crippen molar-refractivity contribution >= 4 is 38.8 Å². The van der Waals surface area contributed by atoms with Crippen molar-refractivity contribution in [3.8, 4) is 5.75 Å². The lowest BCUT2D eigenvalue weighted by atomic mass is 10.1. The Labute approximate surface area is 204 Å². The lowest BCUT2D eigenvalue weighted by Crippen LogP contribution is -2.49. The fourth-order valence-corrected chi connectivity index (χ4v) is 3.78. The third kappa shape index (κ3) is 6.46. The van der Waals surface area contributed by atoms with E-state index in [0.29, 0.717) is 4.61 Å². The van der Waals surface area contributed by atoms with Gasteiger partial charge in [-0.15, -0.1) is 0 Å². The Morgan fingerprint density at radius 3 is 2.74 bits per heavy atom. The molecule has 34 heavy (non-hydrogen) atoms. The quantitative estimate of drug-likeness (QED) is 0.333. The van der Waals surface area contributed by atoms with E-state index in [1.165, 1.54) is 12.1 Å². The van der Waals surface area contributed by atoms with E-state index in [4.69, 9.17) is 9.57 Å². The Morgan fingerprint density at radius 2 is 1.97 bits per heavy atom. The molecule has 2 heterocycles. The molecule has 0 saturated heterocycles. The minimum absolute atomic E-state index is 0.0115. The molecule has 2 amide bonds. The average Bonchev–Trinajstić information content (AvgIpc) is 3.27. The van der Waals surface area contributed by atoms with Gasteiger partial charge in [-0.2, -0.15) is 0 Å². The van der Waals surface area contributed by atoms with Crippen molar-refractivity contribution in [2.45, 2.75) is 25.2 Å². The van der Waals surface area contributed by atoms with Gasteiger partial charge in [0.25, 0.3) is 0 Å². The number of benzene rings is 2. The first-order valence-electron chi connectivity index (χ1n) is 10.6. The molecule has 2 aromatic carbocycles. The topological polar surface area (TPSA) is 122 Å². The summed E-state index contributed by atoms with van der Waals surface area (Å²) in [5, 5.41) is 15.9. The van der Waals surface area contributed by atoms with Gasteiger partial charge in [-0.3, -0.25) is 20.1 Å². The number of carbonyl (C=O) groups excluding carboxylic acids is 2. The smallest absolute Gasteiger partial charge is 0.408 e. The van der Waals surface area contributed by atoms with Crippen molar-refractivity contribution in [3.63, 3.8) is 0 Å². The van der Waals surface area contributed by atoms with Gasteiger partial charge in [-0.25, -0.2) is 4.79 Å². The van der Waals surface area contributed by atoms with E-state index in [1.54, 1.807) is 24.4 Å². The molecule has 0 saturated carbocycles. The number of fused-ring (bicyclic) bond motifs is 1. The number of nitrogens with zero attached hydrogens (tertiary/aromatic N) is 1. The molecule has 0 fully saturated rings. The normalized spacial score (nSPS) is 15.8. The molecule has 10 heteroatoms. The first-order chi connectivity index (χ1) is 16.5. The summed E-state index contributed by atoms with van der Waals surface area (Å²) in [6.07, 6.45) is 2.56. The molecule has 1 aliphatic rings. The molecule has 1 aliphatic heterocycles. The highest BCUT2D eigenvalue weighted by Crippen LogP contribution is 2.15. The number of hydrogen-bond acceptors (Lipinski definition) is 7. The third-order valence-electron chi connectivity index (χ3n) is 5.12. The largest absolute Gasteiger partial charge is 0.508 e. The second-order valence-electron chi connectivity index (χ2n) is 7.70. The lowest BCUT2D eigenvalue weighted by molar-refractivity contribution is -0.123. The Balaban J connectivity index is 1.37. The number of halogens is 1. The number of pyridine rings is 1. The SMILES string of the molecule is O=C(N[C@@H](Cc1ccc(O)cc1)C(=O)NC[C@@H]1C=C(Br)NO1)OCc1cnc2ccccc2c1. The van der Waals surface area contributed by atoms with Crippen molar-refractivity contribution in [1.82, 2.24) is 21.1 Å². The molecule has 0 bridgehead atoms. The predicted molar refractivity (Wildman–Crippen MR) is 129 cm³/mol. The maximum absolute atomic E-state index is 12.9. The number of para-hydroxylation sites is 1. The molecule has 1 aromatic heterocycles. The number of aromatic hydroxyl groups is 1. The van der Waals surface area contributed by atoms with E-state index >= 15 is 0 Å². The highest BCUT2D eigenvalue weighted by Gasteiger charge is 2.24. The molecule has 9 nitrogen and oxygen atoms in total. The summed E-state index contributed by atoms with van der Waals surface area (Å²) in [7, 11) is 0. The summed E-state index contributed by atoms with van der Waals surface area (Å²) in [5.41, 5.74) is 5.00. The van der Waals surface area contributed by atoms with Gasteiger partial charge in [-0.05, 0) is 51.8 Å². The average molecular weight is 527 g/mol. The highest BCUT2D eigenvalue weighted by molar-refractivity contribution is 9.11. The summed E-state index contributed by atoms with van der Waals surface area (Å²) in [6.45, 7) is 0.226. The van der Waals surface area contributed by atoms with Crippen LogP contribution < -0.4 is 16.1 Å². The summed E-state index contributed by atoms with van der Waals surface area (Å²) in [6, 6.07) is 15.1. The maximum atomic E-state index is 12.9. The molecule has 3 aromatic rings. The molecule has 0 radical (unpaired) electrons. The van der Waals surface area contributed by atoms with Crippen LogP contribution in [0.5, 0.6) is 5.75 Å². The first-order valence-corrected chi connectivity index (χ1v) is 11.4. The van der Waals surface area contributed by atoms with Crippen LogP contribution in [0.1, 0.15) is 11.1 Å². The van der Waals surface area contributed by atoms with Crippen LogP contribution in [0.25, 0.3) is 10.9 Å². The Bertz CT molecular complexity index is 1200. The summed E-state index contributed by atoms with van der Waals surface area (Å²) in [5.74, 6) is -0.276. The second-order valence-corrected chi connectivity index (χ2v) is 8.55. The summed E-state index contributed by atoms with van der Waals surface area (Å²) < 4.78 is 6.02. The second kappa shape index (κ2) is 11.0. The van der Waals surface area contributed by atoms with Gasteiger partial charge < -0.3 is 20.5 Å². The number of hydroxylamine groups is 1. The number of hydrogen-bond donors (Lipinski definition) is 4. The Kier molecular flexibility index (Phi) is 7.61. The van der Waals surface area contributed by atoms with Crippen LogP contribution in [0.2, 0.25) is 0 Å². The highest BCUT2D eigenvalue weighted by atomic mass is 79.9. The monoisotopic (exact) mass is 526 g/mol. The number of aromatic nitrogens is 1. The molecule has 0 unspecified atom stereocenters. The van der Waals surface area contributed by atoms with Crippen LogP contribution in [0.15, 0.2) is 71.5 Å². The molecule has 2 atom stereocenters. The van der Waals surface area contributed by atoms with E-state index in [0.717, 1.165) is 22.0 Å². The van der Waals surface area contributed by atoms with Gasteiger partial charge in [-0.1, -0.05) is 30.3 Å². The zero-order valence-corrected chi connectivity index (χ0v) is 19.6. The van der Waals surface area contributed by atoms with E-state index in [-0.39, 0.29) is 31.4 Å². The maximum Gasteiger partial charge on any atom is 0.408 e. The number of phenolic OH excluding ortho intramolecular Hbond substituents is 1. The number of ether oxygens (including phenoxy) is 1. The zero-order valence-electron chi connectivity index (χ0n) is 18.0. The van der Waals surface area contributed by atoms with Gasteiger partial charge in [0.2, 0.25) is 5.91 Å². The van der Waals surface area contributed by atoms with Crippen molar-refractivity contribution < 1.29 is 24.3 Å². The van der Waals surface area contributed by atoms with Crippen LogP contribution >= 0.6 is 15.9 Å². The molecule has 4 N–H and O–H groups in total. The molecule has 0 spiro atoms. The standard InChI is InChI=1S/C24H23BrN4O5/c25-22-11-19(34-29-22)13-27-23(31)21(10-15-5-7-18(30)8-6-15)28-24(32)33-14-16-9-17-3-1-2-4-20(17)26-12-16/h1-9,11-12,19,21,29-30H,10,13-14H2,(H,27,31)(H,28,32)/t19-,21-/m0/s1. The van der Waals surface area contributed by atoms with Crippen molar-refractivity contribution in [1.29, 1.82) is 0 Å². The van der Waals surface area contributed by atoms with E-state index in [9.17, 15) is 14.7 Å². The van der Waals surface area contributed by atoms with E-state index < -0.39 is 18.0 Å². The number of amides is 2. The molecule has 0 aliphatic carbocycles. The van der Waals surface area contributed by atoms with Crippen LogP contribution in [0.4, 0.5) is 4.79 Å². The van der Waals surface area contributed by atoms with E-state index in [1.807, 2.05) is 30.3 Å². The third-order valence-corrected chi connectivity index (χ3v) is 5.55. The Morgan fingerprint density at radius 1 is 1.18 bits per heavy atom.